The third-order valence-corrected chi connectivity index (χ3v) is 9.48. The molecule has 332 valence electrons. The van der Waals surface area contributed by atoms with Gasteiger partial charge in [0.25, 0.3) is 0 Å². The van der Waals surface area contributed by atoms with Crippen molar-refractivity contribution in [3.8, 4) is 0 Å². The van der Waals surface area contributed by atoms with E-state index in [1.807, 2.05) is 54.7 Å². The fraction of sp³-hybridized carbons (Fsp3) is 0.604. The minimum atomic E-state index is -0.823. The van der Waals surface area contributed by atoms with Gasteiger partial charge >= 0.3 is 17.9 Å². The molecule has 0 aromatic rings. The molecule has 0 saturated heterocycles. The number of carbonyl (C=O) groups is 3. The molecule has 0 N–H and O–H groups in total. The van der Waals surface area contributed by atoms with E-state index in [4.69, 9.17) is 14.2 Å². The third kappa shape index (κ3) is 45.0. The quantitative estimate of drug-likeness (QED) is 0.0265. The van der Waals surface area contributed by atoms with Crippen molar-refractivity contribution in [2.45, 2.75) is 194 Å². The molecule has 0 heterocycles. The molecule has 0 aliphatic carbocycles. The van der Waals surface area contributed by atoms with Crippen molar-refractivity contribution in [1.82, 2.24) is 0 Å². The van der Waals surface area contributed by atoms with Gasteiger partial charge in [-0.05, 0) is 57.8 Å². The maximum Gasteiger partial charge on any atom is 0.306 e. The van der Waals surface area contributed by atoms with Gasteiger partial charge in [0.05, 0.1) is 0 Å². The Bertz CT molecular complexity index is 1260. The summed E-state index contributed by atoms with van der Waals surface area (Å²) in [5, 5.41) is 0. The fourth-order valence-corrected chi connectivity index (χ4v) is 5.95. The van der Waals surface area contributed by atoms with Crippen LogP contribution in [0.3, 0.4) is 0 Å². The Morgan fingerprint density at radius 3 is 1.12 bits per heavy atom. The highest BCUT2D eigenvalue weighted by Gasteiger charge is 2.19. The summed E-state index contributed by atoms with van der Waals surface area (Å²) in [6, 6.07) is 0. The third-order valence-electron chi connectivity index (χ3n) is 9.48. The van der Waals surface area contributed by atoms with Crippen molar-refractivity contribution in [3.63, 3.8) is 0 Å². The predicted octanol–water partition coefficient (Wildman–Crippen LogP) is 15.2. The van der Waals surface area contributed by atoms with Crippen molar-refractivity contribution in [3.05, 3.63) is 109 Å². The van der Waals surface area contributed by atoms with E-state index in [1.54, 1.807) is 0 Å². The summed E-state index contributed by atoms with van der Waals surface area (Å²) in [6.07, 6.45) is 62.2. The SMILES string of the molecule is CC\C=C/C=C\C=C/C=C\C=C/CCCC(=O)OC(COC(=O)CCCCCCC\C=C/C=C\C=C/C=C\CCCCC)COC(=O)CCCCCCCCCCCC. The summed E-state index contributed by atoms with van der Waals surface area (Å²) in [4.78, 5) is 37.7. The normalized spacial score (nSPS) is 13.1. The first kappa shape index (κ1) is 55.1. The molecule has 0 aromatic heterocycles. The fourth-order valence-electron chi connectivity index (χ4n) is 5.95. The lowest BCUT2D eigenvalue weighted by atomic mass is 10.1. The minimum absolute atomic E-state index is 0.116. The van der Waals surface area contributed by atoms with Gasteiger partial charge in [0.2, 0.25) is 0 Å². The summed E-state index contributed by atoms with van der Waals surface area (Å²) < 4.78 is 16.6. The van der Waals surface area contributed by atoms with Gasteiger partial charge in [0.15, 0.2) is 6.10 Å². The summed E-state index contributed by atoms with van der Waals surface area (Å²) in [7, 11) is 0. The molecule has 59 heavy (non-hydrogen) atoms. The summed E-state index contributed by atoms with van der Waals surface area (Å²) >= 11 is 0. The number of hydrogen-bond acceptors (Lipinski definition) is 6. The second-order valence-electron chi connectivity index (χ2n) is 15.1. The van der Waals surface area contributed by atoms with Gasteiger partial charge in [0.1, 0.15) is 13.2 Å². The Balaban J connectivity index is 4.53. The van der Waals surface area contributed by atoms with Gasteiger partial charge in [-0.1, -0.05) is 220 Å². The van der Waals surface area contributed by atoms with Crippen molar-refractivity contribution >= 4 is 17.9 Å². The summed E-state index contributed by atoms with van der Waals surface area (Å²) in [5.74, 6) is -1.03. The highest BCUT2D eigenvalue weighted by Crippen LogP contribution is 2.13. The Hall–Kier alpha value is -3.93. The molecule has 0 aliphatic rings. The van der Waals surface area contributed by atoms with E-state index >= 15 is 0 Å². The zero-order valence-corrected chi connectivity index (χ0v) is 37.7. The zero-order chi connectivity index (χ0) is 43.0. The van der Waals surface area contributed by atoms with Crippen LogP contribution in [0.5, 0.6) is 0 Å². The van der Waals surface area contributed by atoms with Gasteiger partial charge < -0.3 is 14.2 Å². The molecule has 0 rings (SSSR count). The number of carbonyl (C=O) groups excluding carboxylic acids is 3. The van der Waals surface area contributed by atoms with E-state index < -0.39 is 12.1 Å². The van der Waals surface area contributed by atoms with Crippen LogP contribution in [0.4, 0.5) is 0 Å². The molecule has 0 aliphatic heterocycles. The minimum Gasteiger partial charge on any atom is -0.462 e. The van der Waals surface area contributed by atoms with Crippen LogP contribution in [0.1, 0.15) is 188 Å². The molecule has 0 amide bonds. The van der Waals surface area contributed by atoms with Gasteiger partial charge in [-0.25, -0.2) is 0 Å². The Kier molecular flexibility index (Phi) is 43.6. The van der Waals surface area contributed by atoms with Crippen LogP contribution in [0.25, 0.3) is 0 Å². The predicted molar refractivity (Wildman–Crippen MR) is 251 cm³/mol. The molecule has 0 aromatic carbocycles. The molecule has 0 radical (unpaired) electrons. The monoisotopic (exact) mass is 817 g/mol. The van der Waals surface area contributed by atoms with Gasteiger partial charge in [0, 0.05) is 19.3 Å². The van der Waals surface area contributed by atoms with Crippen LogP contribution in [0, 0.1) is 0 Å². The molecular weight excluding hydrogens is 733 g/mol. The lowest BCUT2D eigenvalue weighted by Gasteiger charge is -2.18. The van der Waals surface area contributed by atoms with E-state index in [9.17, 15) is 14.4 Å². The van der Waals surface area contributed by atoms with Gasteiger partial charge in [-0.2, -0.15) is 0 Å². The Labute approximate surface area is 361 Å². The second-order valence-corrected chi connectivity index (χ2v) is 15.1. The van der Waals surface area contributed by atoms with E-state index in [2.05, 4.69) is 75.5 Å². The molecule has 6 nitrogen and oxygen atoms in total. The van der Waals surface area contributed by atoms with E-state index in [-0.39, 0.29) is 31.6 Å². The van der Waals surface area contributed by atoms with Crippen molar-refractivity contribution in [2.24, 2.45) is 0 Å². The number of rotatable bonds is 40. The average Bonchev–Trinajstić information content (AvgIpc) is 3.23. The zero-order valence-electron chi connectivity index (χ0n) is 37.7. The summed E-state index contributed by atoms with van der Waals surface area (Å²) in [5.41, 5.74) is 0. The molecule has 0 bridgehead atoms. The molecule has 1 atom stereocenters. The van der Waals surface area contributed by atoms with Crippen molar-refractivity contribution < 1.29 is 28.6 Å². The lowest BCUT2D eigenvalue weighted by Crippen LogP contribution is -2.30. The largest absolute Gasteiger partial charge is 0.462 e. The lowest BCUT2D eigenvalue weighted by molar-refractivity contribution is -0.167. The molecule has 1 unspecified atom stereocenters. The molecular formula is C53H84O6. The molecule has 0 saturated carbocycles. The highest BCUT2D eigenvalue weighted by atomic mass is 16.6. The number of unbranched alkanes of at least 4 members (excludes halogenated alkanes) is 18. The maximum absolute atomic E-state index is 12.7. The first-order valence-corrected chi connectivity index (χ1v) is 23.5. The second kappa shape index (κ2) is 46.8. The number of ether oxygens (including phenoxy) is 3. The topological polar surface area (TPSA) is 78.9 Å². The van der Waals surface area contributed by atoms with Crippen LogP contribution < -0.4 is 0 Å². The number of esters is 3. The van der Waals surface area contributed by atoms with Crippen molar-refractivity contribution in [2.75, 3.05) is 13.2 Å². The van der Waals surface area contributed by atoms with E-state index in [0.717, 1.165) is 77.0 Å². The molecule has 0 spiro atoms. The average molecular weight is 817 g/mol. The first-order valence-electron chi connectivity index (χ1n) is 23.5. The van der Waals surface area contributed by atoms with Gasteiger partial charge in [-0.15, -0.1) is 0 Å². The van der Waals surface area contributed by atoms with E-state index in [1.165, 1.54) is 64.2 Å². The molecule has 0 fully saturated rings. The van der Waals surface area contributed by atoms with Gasteiger partial charge in [-0.3, -0.25) is 14.4 Å². The number of hydrogen-bond donors (Lipinski definition) is 0. The van der Waals surface area contributed by atoms with Crippen LogP contribution in [-0.4, -0.2) is 37.2 Å². The maximum atomic E-state index is 12.7. The summed E-state index contributed by atoms with van der Waals surface area (Å²) in [6.45, 7) is 6.33. The first-order chi connectivity index (χ1) is 29.0. The van der Waals surface area contributed by atoms with Crippen LogP contribution in [0.2, 0.25) is 0 Å². The van der Waals surface area contributed by atoms with Crippen molar-refractivity contribution in [1.29, 1.82) is 0 Å². The standard InChI is InChI=1S/C53H84O6/c1-4-7-10-13-16-19-22-24-25-26-27-28-30-31-34-37-40-43-46-52(55)58-49-50(48-57-51(54)45-42-39-36-33-21-18-15-12-9-6-3)59-53(56)47-44-41-38-35-32-29-23-20-17-14-11-8-5-2/h8,11,14,16-17,19-20,22-29,32,35,38,50H,4-7,9-10,12-13,15,18,21,30-31,33-34,36-37,39-49H2,1-3H3/b11-8-,17-14-,19-16-,23-20-,24-22-,26-25-,28-27-,32-29-,38-35-. The Morgan fingerprint density at radius 2 is 0.678 bits per heavy atom. The van der Waals surface area contributed by atoms with Crippen LogP contribution in [0.15, 0.2) is 109 Å². The smallest absolute Gasteiger partial charge is 0.306 e. The highest BCUT2D eigenvalue weighted by molar-refractivity contribution is 5.71. The Morgan fingerprint density at radius 1 is 0.356 bits per heavy atom. The van der Waals surface area contributed by atoms with Crippen LogP contribution >= 0.6 is 0 Å². The van der Waals surface area contributed by atoms with E-state index in [0.29, 0.717) is 19.3 Å². The van der Waals surface area contributed by atoms with Crippen LogP contribution in [-0.2, 0) is 28.6 Å². The number of allylic oxidation sites excluding steroid dienone is 18. The molecule has 6 heteroatoms.